The van der Waals surface area contributed by atoms with Crippen LogP contribution in [0, 0.1) is 6.92 Å². The molecule has 2 aliphatic rings. The van der Waals surface area contributed by atoms with Crippen molar-refractivity contribution in [2.75, 3.05) is 43.0 Å². The van der Waals surface area contributed by atoms with Crippen molar-refractivity contribution in [3.63, 3.8) is 0 Å². The Labute approximate surface area is 160 Å². The van der Waals surface area contributed by atoms with Crippen molar-refractivity contribution in [1.82, 2.24) is 4.90 Å². The monoisotopic (exact) mass is 363 g/mol. The molecule has 0 N–H and O–H groups in total. The second-order valence-corrected chi connectivity index (χ2v) is 7.41. The molecule has 140 valence electrons. The van der Waals surface area contributed by atoms with Crippen LogP contribution in [0.4, 0.5) is 11.4 Å². The minimum absolute atomic E-state index is 0.115. The molecule has 0 aromatic heterocycles. The molecule has 0 atom stereocenters. The molecule has 0 bridgehead atoms. The van der Waals surface area contributed by atoms with E-state index in [2.05, 4.69) is 17.0 Å². The highest BCUT2D eigenvalue weighted by molar-refractivity contribution is 5.96. The van der Waals surface area contributed by atoms with Crippen LogP contribution in [0.5, 0.6) is 0 Å². The molecule has 1 fully saturated rings. The largest absolute Gasteiger partial charge is 0.368 e. The van der Waals surface area contributed by atoms with E-state index >= 15 is 0 Å². The number of carbonyl (C=O) groups is 2. The predicted molar refractivity (Wildman–Crippen MR) is 107 cm³/mol. The molecule has 0 saturated carbocycles. The normalized spacial score (nSPS) is 17.1. The maximum Gasteiger partial charge on any atom is 0.253 e. The van der Waals surface area contributed by atoms with Gasteiger partial charge in [0.25, 0.3) is 5.91 Å². The Kier molecular flexibility index (Phi) is 4.60. The lowest BCUT2D eigenvalue weighted by Gasteiger charge is -2.37. The van der Waals surface area contributed by atoms with Crippen molar-refractivity contribution in [2.24, 2.45) is 0 Å². The molecular weight excluding hydrogens is 338 g/mol. The third-order valence-corrected chi connectivity index (χ3v) is 5.60. The lowest BCUT2D eigenvalue weighted by atomic mass is 10.0. The number of anilines is 2. The van der Waals surface area contributed by atoms with E-state index in [4.69, 9.17) is 0 Å². The number of piperazine rings is 1. The number of amides is 2. The van der Waals surface area contributed by atoms with E-state index < -0.39 is 0 Å². The maximum atomic E-state index is 12.7. The molecule has 0 radical (unpaired) electrons. The van der Waals surface area contributed by atoms with Crippen LogP contribution < -0.4 is 9.80 Å². The van der Waals surface area contributed by atoms with Crippen LogP contribution in [-0.2, 0) is 11.2 Å². The number of carbonyl (C=O) groups excluding carboxylic acids is 2. The first-order valence-corrected chi connectivity index (χ1v) is 9.53. The quantitative estimate of drug-likeness (QED) is 0.824. The van der Waals surface area contributed by atoms with Crippen LogP contribution in [0.3, 0.4) is 0 Å². The van der Waals surface area contributed by atoms with Crippen molar-refractivity contribution < 1.29 is 9.59 Å². The molecule has 0 unspecified atom stereocenters. The van der Waals surface area contributed by atoms with Gasteiger partial charge in [-0.3, -0.25) is 9.59 Å². The fraction of sp³-hybridized carbons (Fsp3) is 0.364. The topological polar surface area (TPSA) is 43.9 Å². The van der Waals surface area contributed by atoms with Crippen LogP contribution >= 0.6 is 0 Å². The SMILES string of the molecule is Cc1cccc(C(=O)N2CCN(c3ccc4c(c3)CCC(=O)N4C)CC2)c1. The van der Waals surface area contributed by atoms with Gasteiger partial charge in [0, 0.05) is 56.6 Å². The number of aryl methyl sites for hydroxylation is 2. The fourth-order valence-corrected chi connectivity index (χ4v) is 3.97. The number of fused-ring (bicyclic) bond motifs is 1. The van der Waals surface area contributed by atoms with Crippen LogP contribution in [-0.4, -0.2) is 49.9 Å². The molecule has 2 heterocycles. The van der Waals surface area contributed by atoms with E-state index in [1.807, 2.05) is 49.2 Å². The molecule has 0 spiro atoms. The van der Waals surface area contributed by atoms with Gasteiger partial charge in [0.1, 0.15) is 0 Å². The third-order valence-electron chi connectivity index (χ3n) is 5.60. The van der Waals surface area contributed by atoms with Gasteiger partial charge in [-0.2, -0.15) is 0 Å². The Morgan fingerprint density at radius 2 is 1.74 bits per heavy atom. The summed E-state index contributed by atoms with van der Waals surface area (Å²) in [6.07, 6.45) is 1.38. The summed E-state index contributed by atoms with van der Waals surface area (Å²) < 4.78 is 0. The minimum atomic E-state index is 0.115. The first-order chi connectivity index (χ1) is 13.0. The van der Waals surface area contributed by atoms with Gasteiger partial charge in [0.15, 0.2) is 0 Å². The van der Waals surface area contributed by atoms with E-state index in [0.717, 1.165) is 49.4 Å². The van der Waals surface area contributed by atoms with Crippen LogP contribution in [0.15, 0.2) is 42.5 Å². The number of hydrogen-bond acceptors (Lipinski definition) is 3. The highest BCUT2D eigenvalue weighted by Gasteiger charge is 2.25. The zero-order valence-corrected chi connectivity index (χ0v) is 15.9. The van der Waals surface area contributed by atoms with Gasteiger partial charge in [-0.25, -0.2) is 0 Å². The van der Waals surface area contributed by atoms with Crippen LogP contribution in [0.1, 0.15) is 27.9 Å². The smallest absolute Gasteiger partial charge is 0.253 e. The second kappa shape index (κ2) is 7.06. The van der Waals surface area contributed by atoms with Crippen LogP contribution in [0.2, 0.25) is 0 Å². The Balaban J connectivity index is 1.44. The summed E-state index contributed by atoms with van der Waals surface area (Å²) in [5, 5.41) is 0. The van der Waals surface area contributed by atoms with E-state index in [1.165, 1.54) is 11.3 Å². The lowest BCUT2D eigenvalue weighted by molar-refractivity contribution is -0.118. The fourth-order valence-electron chi connectivity index (χ4n) is 3.97. The highest BCUT2D eigenvalue weighted by atomic mass is 16.2. The number of nitrogens with zero attached hydrogens (tertiary/aromatic N) is 3. The predicted octanol–water partition coefficient (Wildman–Crippen LogP) is 2.87. The maximum absolute atomic E-state index is 12.7. The summed E-state index contributed by atoms with van der Waals surface area (Å²) in [7, 11) is 1.84. The highest BCUT2D eigenvalue weighted by Crippen LogP contribution is 2.31. The molecule has 2 amide bonds. The molecular formula is C22H25N3O2. The molecule has 2 aromatic carbocycles. The number of hydrogen-bond donors (Lipinski definition) is 0. The lowest BCUT2D eigenvalue weighted by Crippen LogP contribution is -2.48. The average molecular weight is 363 g/mol. The van der Waals surface area contributed by atoms with Crippen molar-refractivity contribution in [1.29, 1.82) is 0 Å². The van der Waals surface area contributed by atoms with Crippen molar-refractivity contribution >= 4 is 23.2 Å². The standard InChI is InChI=1S/C22H25N3O2/c1-16-4-3-5-18(14-16)22(27)25-12-10-24(11-13-25)19-7-8-20-17(15-19)6-9-21(26)23(20)2/h3-5,7-8,14-15H,6,9-13H2,1-2H3. The summed E-state index contributed by atoms with van der Waals surface area (Å²) in [6, 6.07) is 14.1. The molecule has 2 aromatic rings. The Morgan fingerprint density at radius 3 is 2.48 bits per heavy atom. The summed E-state index contributed by atoms with van der Waals surface area (Å²) in [6.45, 7) is 5.11. The van der Waals surface area contributed by atoms with E-state index in [1.54, 1.807) is 4.90 Å². The van der Waals surface area contributed by atoms with Crippen molar-refractivity contribution in [2.45, 2.75) is 19.8 Å². The summed E-state index contributed by atoms with van der Waals surface area (Å²) in [5.41, 5.74) is 5.30. The van der Waals surface area contributed by atoms with Gasteiger partial charge in [-0.1, -0.05) is 17.7 Å². The first-order valence-electron chi connectivity index (χ1n) is 9.53. The van der Waals surface area contributed by atoms with Gasteiger partial charge >= 0.3 is 0 Å². The molecule has 1 saturated heterocycles. The first kappa shape index (κ1) is 17.6. The molecule has 27 heavy (non-hydrogen) atoms. The number of benzene rings is 2. The van der Waals surface area contributed by atoms with Crippen LogP contribution in [0.25, 0.3) is 0 Å². The molecule has 4 rings (SSSR count). The average Bonchev–Trinajstić information content (AvgIpc) is 2.70. The van der Waals surface area contributed by atoms with Gasteiger partial charge in [0.05, 0.1) is 0 Å². The van der Waals surface area contributed by atoms with E-state index in [0.29, 0.717) is 6.42 Å². The van der Waals surface area contributed by atoms with Crippen molar-refractivity contribution in [3.05, 3.63) is 59.2 Å². The molecule has 5 heteroatoms. The van der Waals surface area contributed by atoms with Gasteiger partial charge in [0.2, 0.25) is 5.91 Å². The van der Waals surface area contributed by atoms with E-state index in [-0.39, 0.29) is 11.8 Å². The Bertz CT molecular complexity index is 885. The second-order valence-electron chi connectivity index (χ2n) is 7.41. The Morgan fingerprint density at radius 1 is 0.963 bits per heavy atom. The third kappa shape index (κ3) is 3.42. The molecule has 2 aliphatic heterocycles. The number of rotatable bonds is 2. The van der Waals surface area contributed by atoms with E-state index in [9.17, 15) is 9.59 Å². The van der Waals surface area contributed by atoms with Crippen molar-refractivity contribution in [3.8, 4) is 0 Å². The van der Waals surface area contributed by atoms with Gasteiger partial charge in [-0.05, 0) is 49.2 Å². The minimum Gasteiger partial charge on any atom is -0.368 e. The van der Waals surface area contributed by atoms with Gasteiger partial charge < -0.3 is 14.7 Å². The Hall–Kier alpha value is -2.82. The summed E-state index contributed by atoms with van der Waals surface area (Å²) in [5.74, 6) is 0.294. The molecule has 0 aliphatic carbocycles. The summed E-state index contributed by atoms with van der Waals surface area (Å²) in [4.78, 5) is 30.6. The summed E-state index contributed by atoms with van der Waals surface area (Å²) >= 11 is 0. The zero-order chi connectivity index (χ0) is 19.0. The molecule has 5 nitrogen and oxygen atoms in total. The van der Waals surface area contributed by atoms with Gasteiger partial charge in [-0.15, -0.1) is 0 Å². The zero-order valence-electron chi connectivity index (χ0n) is 15.9.